The van der Waals surface area contributed by atoms with Crippen LogP contribution in [-0.4, -0.2) is 34.9 Å². The second kappa shape index (κ2) is 5.36. The van der Waals surface area contributed by atoms with Crippen molar-refractivity contribution in [1.29, 1.82) is 0 Å². The average molecular weight is 265 g/mol. The van der Waals surface area contributed by atoms with Gasteiger partial charge in [0.25, 0.3) is 0 Å². The van der Waals surface area contributed by atoms with Crippen LogP contribution in [0.3, 0.4) is 0 Å². The molecule has 0 aromatic carbocycles. The minimum Gasteiger partial charge on any atom is -0.353 e. The van der Waals surface area contributed by atoms with Gasteiger partial charge >= 0.3 is 0 Å². The van der Waals surface area contributed by atoms with E-state index in [1.807, 2.05) is 11.7 Å². The molecule has 0 spiro atoms. The number of amides is 1. The summed E-state index contributed by atoms with van der Waals surface area (Å²) in [7, 11) is 0. The van der Waals surface area contributed by atoms with Crippen molar-refractivity contribution >= 4 is 17.2 Å². The lowest BCUT2D eigenvalue weighted by molar-refractivity contribution is -0.126. The molecule has 2 aliphatic rings. The minimum atomic E-state index is 0.239. The smallest absolute Gasteiger partial charge is 0.223 e. The fraction of sp³-hybridized carbons (Fsp3) is 0.692. The molecule has 4 nitrogen and oxygen atoms in total. The number of piperidine rings is 1. The number of hydrogen-bond acceptors (Lipinski definition) is 4. The average Bonchev–Trinajstić information content (AvgIpc) is 3.04. The van der Waals surface area contributed by atoms with Gasteiger partial charge in [0, 0.05) is 29.6 Å². The Morgan fingerprint density at radius 1 is 1.39 bits per heavy atom. The number of aromatic nitrogens is 1. The molecule has 1 aliphatic carbocycles. The van der Waals surface area contributed by atoms with Gasteiger partial charge in [0.05, 0.1) is 5.51 Å². The van der Waals surface area contributed by atoms with Gasteiger partial charge in [-0.1, -0.05) is 0 Å². The summed E-state index contributed by atoms with van der Waals surface area (Å²) in [6, 6.07) is 0.493. The molecule has 0 atom stereocenters. The number of hydrogen-bond donors (Lipinski definition) is 1. The van der Waals surface area contributed by atoms with E-state index in [1.165, 1.54) is 17.7 Å². The van der Waals surface area contributed by atoms with Gasteiger partial charge in [-0.25, -0.2) is 0 Å². The van der Waals surface area contributed by atoms with Crippen LogP contribution in [0.2, 0.25) is 0 Å². The number of thiazole rings is 1. The fourth-order valence-corrected chi connectivity index (χ4v) is 3.08. The van der Waals surface area contributed by atoms with Crippen LogP contribution >= 0.6 is 11.3 Å². The zero-order chi connectivity index (χ0) is 12.4. The summed E-state index contributed by atoms with van der Waals surface area (Å²) in [4.78, 5) is 19.8. The van der Waals surface area contributed by atoms with Crippen molar-refractivity contribution in [3.63, 3.8) is 0 Å². The zero-order valence-corrected chi connectivity index (χ0v) is 11.3. The van der Waals surface area contributed by atoms with Gasteiger partial charge in [0.1, 0.15) is 0 Å². The standard InChI is InChI=1S/C13H19N3OS/c17-13(15-11-1-2-11)10-3-5-16(6-4-10)8-12-7-14-9-18-12/h7,9-11H,1-6,8H2,(H,15,17). The highest BCUT2D eigenvalue weighted by atomic mass is 32.1. The first-order valence-corrected chi connectivity index (χ1v) is 7.59. The molecule has 1 aromatic heterocycles. The molecule has 1 aliphatic heterocycles. The van der Waals surface area contributed by atoms with Crippen molar-refractivity contribution in [3.8, 4) is 0 Å². The first kappa shape index (κ1) is 12.1. The Kier molecular flexibility index (Phi) is 3.61. The van der Waals surface area contributed by atoms with Crippen LogP contribution in [0.25, 0.3) is 0 Å². The van der Waals surface area contributed by atoms with Gasteiger partial charge in [-0.15, -0.1) is 11.3 Å². The van der Waals surface area contributed by atoms with E-state index in [9.17, 15) is 4.79 Å². The number of nitrogens with zero attached hydrogens (tertiary/aromatic N) is 2. The van der Waals surface area contributed by atoms with Crippen LogP contribution in [0.1, 0.15) is 30.6 Å². The predicted octanol–water partition coefficient (Wildman–Crippen LogP) is 1.63. The summed E-state index contributed by atoms with van der Waals surface area (Å²) < 4.78 is 0. The molecule has 1 aromatic rings. The van der Waals surface area contributed by atoms with Crippen LogP contribution in [-0.2, 0) is 11.3 Å². The molecule has 1 saturated carbocycles. The first-order valence-electron chi connectivity index (χ1n) is 6.71. The monoisotopic (exact) mass is 265 g/mol. The number of carbonyl (C=O) groups is 1. The Morgan fingerprint density at radius 2 is 2.17 bits per heavy atom. The van der Waals surface area contributed by atoms with Crippen molar-refractivity contribution in [2.75, 3.05) is 13.1 Å². The highest BCUT2D eigenvalue weighted by Crippen LogP contribution is 2.23. The van der Waals surface area contributed by atoms with E-state index >= 15 is 0 Å². The summed E-state index contributed by atoms with van der Waals surface area (Å²) in [5.41, 5.74) is 1.88. The van der Waals surface area contributed by atoms with Gasteiger partial charge in [0.2, 0.25) is 5.91 Å². The van der Waals surface area contributed by atoms with E-state index in [0.717, 1.165) is 32.5 Å². The van der Waals surface area contributed by atoms with Crippen molar-refractivity contribution in [2.45, 2.75) is 38.3 Å². The molecular formula is C13H19N3OS. The second-order valence-corrected chi connectivity index (χ2v) is 6.27. The number of nitrogens with one attached hydrogen (secondary N) is 1. The topological polar surface area (TPSA) is 45.2 Å². The second-order valence-electron chi connectivity index (χ2n) is 5.30. The predicted molar refractivity (Wildman–Crippen MR) is 71.3 cm³/mol. The van der Waals surface area contributed by atoms with Crippen LogP contribution in [0.4, 0.5) is 0 Å². The third-order valence-electron chi connectivity index (χ3n) is 3.75. The van der Waals surface area contributed by atoms with E-state index in [1.54, 1.807) is 11.3 Å². The molecule has 3 rings (SSSR count). The molecule has 2 fully saturated rings. The van der Waals surface area contributed by atoms with Gasteiger partial charge < -0.3 is 5.32 Å². The van der Waals surface area contributed by atoms with Crippen LogP contribution in [0.5, 0.6) is 0 Å². The highest BCUT2D eigenvalue weighted by molar-refractivity contribution is 7.09. The summed E-state index contributed by atoms with van der Waals surface area (Å²) in [6.45, 7) is 3.04. The van der Waals surface area contributed by atoms with E-state index in [2.05, 4.69) is 15.2 Å². The maximum Gasteiger partial charge on any atom is 0.223 e. The summed E-state index contributed by atoms with van der Waals surface area (Å²) in [5.74, 6) is 0.526. The Morgan fingerprint density at radius 3 is 2.78 bits per heavy atom. The summed E-state index contributed by atoms with van der Waals surface area (Å²) in [6.07, 6.45) is 6.29. The SMILES string of the molecule is O=C(NC1CC1)C1CCN(Cc2cncs2)CC1. The molecule has 1 amide bonds. The van der Waals surface area contributed by atoms with E-state index in [-0.39, 0.29) is 11.8 Å². The van der Waals surface area contributed by atoms with Crippen LogP contribution in [0.15, 0.2) is 11.7 Å². The van der Waals surface area contributed by atoms with Crippen molar-refractivity contribution in [3.05, 3.63) is 16.6 Å². The van der Waals surface area contributed by atoms with E-state index in [4.69, 9.17) is 0 Å². The molecule has 0 radical (unpaired) electrons. The molecule has 1 N–H and O–H groups in total. The van der Waals surface area contributed by atoms with Crippen LogP contribution < -0.4 is 5.32 Å². The Bertz CT molecular complexity index is 394. The number of rotatable bonds is 4. The van der Waals surface area contributed by atoms with Crippen molar-refractivity contribution < 1.29 is 4.79 Å². The van der Waals surface area contributed by atoms with Gasteiger partial charge in [-0.3, -0.25) is 14.7 Å². The lowest BCUT2D eigenvalue weighted by atomic mass is 9.96. The highest BCUT2D eigenvalue weighted by Gasteiger charge is 2.29. The molecule has 2 heterocycles. The van der Waals surface area contributed by atoms with E-state index < -0.39 is 0 Å². The molecule has 5 heteroatoms. The van der Waals surface area contributed by atoms with Gasteiger partial charge in [-0.2, -0.15) is 0 Å². The normalized spacial score (nSPS) is 22.0. The lowest BCUT2D eigenvalue weighted by Gasteiger charge is -2.30. The Hall–Kier alpha value is -0.940. The lowest BCUT2D eigenvalue weighted by Crippen LogP contribution is -2.40. The molecule has 18 heavy (non-hydrogen) atoms. The Balaban J connectivity index is 1.44. The quantitative estimate of drug-likeness (QED) is 0.900. The fourth-order valence-electron chi connectivity index (χ4n) is 2.44. The van der Waals surface area contributed by atoms with Crippen molar-refractivity contribution in [1.82, 2.24) is 15.2 Å². The summed E-state index contributed by atoms with van der Waals surface area (Å²) in [5, 5.41) is 3.12. The largest absolute Gasteiger partial charge is 0.353 e. The zero-order valence-electron chi connectivity index (χ0n) is 10.5. The molecule has 1 saturated heterocycles. The third-order valence-corrected chi connectivity index (χ3v) is 4.51. The maximum atomic E-state index is 11.9. The van der Waals surface area contributed by atoms with Crippen molar-refractivity contribution in [2.24, 2.45) is 5.92 Å². The molecule has 0 bridgehead atoms. The van der Waals surface area contributed by atoms with Crippen LogP contribution in [0, 0.1) is 5.92 Å². The number of carbonyl (C=O) groups excluding carboxylic acids is 1. The number of likely N-dealkylation sites (tertiary alicyclic amines) is 1. The Labute approximate surface area is 111 Å². The van der Waals surface area contributed by atoms with Gasteiger partial charge in [0.15, 0.2) is 0 Å². The van der Waals surface area contributed by atoms with Gasteiger partial charge in [-0.05, 0) is 38.8 Å². The molecule has 0 unspecified atom stereocenters. The first-order chi connectivity index (χ1) is 8.81. The molecular weight excluding hydrogens is 246 g/mol. The summed E-state index contributed by atoms with van der Waals surface area (Å²) >= 11 is 1.71. The maximum absolute atomic E-state index is 11.9. The minimum absolute atomic E-state index is 0.239. The van der Waals surface area contributed by atoms with E-state index in [0.29, 0.717) is 6.04 Å². The third kappa shape index (κ3) is 3.09. The molecule has 98 valence electrons.